The van der Waals surface area contributed by atoms with Crippen molar-refractivity contribution in [2.45, 2.75) is 26.2 Å². The van der Waals surface area contributed by atoms with Crippen LogP contribution in [-0.2, 0) is 4.74 Å². The van der Waals surface area contributed by atoms with E-state index in [-0.39, 0.29) is 0 Å². The number of nitrogens with two attached hydrogens (primary N) is 1. The Morgan fingerprint density at radius 3 is 2.80 bits per heavy atom. The Balaban J connectivity index is 2.20. The summed E-state index contributed by atoms with van der Waals surface area (Å²) in [4.78, 5) is 6.62. The Morgan fingerprint density at radius 1 is 1.47 bits per heavy atom. The van der Waals surface area contributed by atoms with Gasteiger partial charge in [-0.2, -0.15) is 0 Å². The molecule has 1 fully saturated rings. The van der Waals surface area contributed by atoms with Crippen LogP contribution in [0.2, 0.25) is 0 Å². The third-order valence-corrected chi connectivity index (χ3v) is 2.45. The lowest BCUT2D eigenvalue weighted by molar-refractivity contribution is 0.146. The smallest absolute Gasteiger partial charge is 0.208 e. The number of ether oxygens (including phenoxy) is 1. The average molecular weight is 214 g/mol. The van der Waals surface area contributed by atoms with E-state index in [1.54, 1.807) is 0 Å². The number of aliphatic imine (C=N–C) groups is 1. The molecule has 88 valence electrons. The van der Waals surface area contributed by atoms with Crippen LogP contribution in [0.5, 0.6) is 0 Å². The molecule has 5 heteroatoms. The maximum atomic E-state index is 5.44. The summed E-state index contributed by atoms with van der Waals surface area (Å²) in [6.07, 6.45) is 3.42. The van der Waals surface area contributed by atoms with Gasteiger partial charge in [-0.15, -0.1) is 0 Å². The average Bonchev–Trinajstić information content (AvgIpc) is 2.77. The topological polar surface area (TPSA) is 62.9 Å². The molecule has 0 spiro atoms. The van der Waals surface area contributed by atoms with E-state index >= 15 is 0 Å². The number of hydrogen-bond acceptors (Lipinski definition) is 3. The second-order valence-corrected chi connectivity index (χ2v) is 3.59. The fourth-order valence-electron chi connectivity index (χ4n) is 1.66. The van der Waals surface area contributed by atoms with Crippen molar-refractivity contribution in [2.75, 3.05) is 32.8 Å². The maximum Gasteiger partial charge on any atom is 0.208 e. The second kappa shape index (κ2) is 7.48. The van der Waals surface area contributed by atoms with Gasteiger partial charge < -0.3 is 9.64 Å². The summed E-state index contributed by atoms with van der Waals surface area (Å²) >= 11 is 0. The van der Waals surface area contributed by atoms with Crippen LogP contribution in [0.4, 0.5) is 0 Å². The Labute approximate surface area is 91.6 Å². The normalized spacial score (nSPS) is 17.2. The third-order valence-electron chi connectivity index (χ3n) is 2.45. The zero-order valence-corrected chi connectivity index (χ0v) is 9.54. The summed E-state index contributed by atoms with van der Waals surface area (Å²) in [7, 11) is 0. The van der Waals surface area contributed by atoms with Crippen LogP contribution in [0.1, 0.15) is 26.2 Å². The van der Waals surface area contributed by atoms with Crippen LogP contribution in [0, 0.1) is 0 Å². The standard InChI is InChI=1S/C10H22N4O/c1-2-15-9-5-6-12-10(13-11)14-7-3-4-8-14/h2-9,11H2,1H3,(H,12,13). The van der Waals surface area contributed by atoms with Crippen LogP contribution >= 0.6 is 0 Å². The molecule has 1 rings (SSSR count). The molecule has 0 amide bonds. The van der Waals surface area contributed by atoms with Crippen LogP contribution in [0.15, 0.2) is 4.99 Å². The van der Waals surface area contributed by atoms with Gasteiger partial charge in [0, 0.05) is 32.8 Å². The second-order valence-electron chi connectivity index (χ2n) is 3.59. The molecule has 1 heterocycles. The highest BCUT2D eigenvalue weighted by Crippen LogP contribution is 2.06. The van der Waals surface area contributed by atoms with Crippen LogP contribution in [-0.4, -0.2) is 43.7 Å². The minimum absolute atomic E-state index is 0.774. The minimum Gasteiger partial charge on any atom is -0.382 e. The van der Waals surface area contributed by atoms with Crippen LogP contribution < -0.4 is 11.3 Å². The largest absolute Gasteiger partial charge is 0.382 e. The molecule has 0 aromatic carbocycles. The first-order chi connectivity index (χ1) is 7.38. The lowest BCUT2D eigenvalue weighted by Gasteiger charge is -2.18. The number of rotatable bonds is 5. The first-order valence-corrected chi connectivity index (χ1v) is 5.72. The number of likely N-dealkylation sites (tertiary alicyclic amines) is 1. The van der Waals surface area contributed by atoms with E-state index in [0.29, 0.717) is 0 Å². The molecular weight excluding hydrogens is 192 g/mol. The summed E-state index contributed by atoms with van der Waals surface area (Å²) in [5, 5.41) is 0. The number of nitrogens with one attached hydrogen (secondary N) is 1. The molecule has 0 unspecified atom stereocenters. The lowest BCUT2D eigenvalue weighted by atomic mass is 10.4. The molecule has 15 heavy (non-hydrogen) atoms. The summed E-state index contributed by atoms with van der Waals surface area (Å²) in [5.41, 5.74) is 2.67. The van der Waals surface area contributed by atoms with E-state index in [0.717, 1.165) is 45.2 Å². The van der Waals surface area contributed by atoms with Gasteiger partial charge in [-0.25, -0.2) is 5.84 Å². The molecule has 0 aromatic rings. The molecule has 0 aliphatic carbocycles. The van der Waals surface area contributed by atoms with Gasteiger partial charge in [0.1, 0.15) is 0 Å². The lowest BCUT2D eigenvalue weighted by Crippen LogP contribution is -2.43. The fourth-order valence-corrected chi connectivity index (χ4v) is 1.66. The number of nitrogens with zero attached hydrogens (tertiary/aromatic N) is 2. The Hall–Kier alpha value is -0.810. The number of guanidine groups is 1. The van der Waals surface area contributed by atoms with Crippen LogP contribution in [0.25, 0.3) is 0 Å². The number of hydrogen-bond donors (Lipinski definition) is 2. The van der Waals surface area contributed by atoms with E-state index in [9.17, 15) is 0 Å². The highest BCUT2D eigenvalue weighted by Gasteiger charge is 2.14. The molecule has 0 bridgehead atoms. The van der Waals surface area contributed by atoms with Gasteiger partial charge in [-0.05, 0) is 26.2 Å². The van der Waals surface area contributed by atoms with Gasteiger partial charge in [-0.3, -0.25) is 10.4 Å². The Morgan fingerprint density at radius 2 is 2.20 bits per heavy atom. The molecule has 1 aliphatic rings. The van der Waals surface area contributed by atoms with Gasteiger partial charge in [0.05, 0.1) is 0 Å². The Bertz CT molecular complexity index is 190. The summed E-state index contributed by atoms with van der Waals surface area (Å²) in [5.74, 6) is 6.26. The Kier molecular flexibility index (Phi) is 6.11. The van der Waals surface area contributed by atoms with E-state index < -0.39 is 0 Å². The van der Waals surface area contributed by atoms with Gasteiger partial charge >= 0.3 is 0 Å². The predicted octanol–water partition coefficient (Wildman–Crippen LogP) is 0.328. The van der Waals surface area contributed by atoms with Gasteiger partial charge in [0.2, 0.25) is 5.96 Å². The quantitative estimate of drug-likeness (QED) is 0.228. The summed E-state index contributed by atoms with van der Waals surface area (Å²) in [6, 6.07) is 0. The maximum absolute atomic E-state index is 5.44. The van der Waals surface area contributed by atoms with Crippen molar-refractivity contribution in [3.63, 3.8) is 0 Å². The fraction of sp³-hybridized carbons (Fsp3) is 0.900. The molecule has 0 atom stereocenters. The van der Waals surface area contributed by atoms with Crippen molar-refractivity contribution >= 4 is 5.96 Å². The molecule has 1 saturated heterocycles. The van der Waals surface area contributed by atoms with Gasteiger partial charge in [0.25, 0.3) is 0 Å². The molecular formula is C10H22N4O. The number of hydrazine groups is 1. The molecule has 0 saturated carbocycles. The SMILES string of the molecule is CCOCCCN=C(NN)N1CCCC1. The highest BCUT2D eigenvalue weighted by molar-refractivity contribution is 5.79. The molecule has 5 nitrogen and oxygen atoms in total. The van der Waals surface area contributed by atoms with Crippen molar-refractivity contribution < 1.29 is 4.74 Å². The van der Waals surface area contributed by atoms with Crippen molar-refractivity contribution in [3.8, 4) is 0 Å². The van der Waals surface area contributed by atoms with Gasteiger partial charge in [-0.1, -0.05) is 0 Å². The summed E-state index contributed by atoms with van der Waals surface area (Å²) < 4.78 is 5.24. The minimum atomic E-state index is 0.774. The predicted molar refractivity (Wildman–Crippen MR) is 61.5 cm³/mol. The van der Waals surface area contributed by atoms with Crippen molar-refractivity contribution in [1.29, 1.82) is 0 Å². The zero-order valence-electron chi connectivity index (χ0n) is 9.54. The zero-order chi connectivity index (χ0) is 10.9. The van der Waals surface area contributed by atoms with Crippen molar-refractivity contribution in [1.82, 2.24) is 10.3 Å². The molecule has 0 radical (unpaired) electrons. The van der Waals surface area contributed by atoms with E-state index in [1.165, 1.54) is 12.8 Å². The van der Waals surface area contributed by atoms with Crippen LogP contribution in [0.3, 0.4) is 0 Å². The van der Waals surface area contributed by atoms with E-state index in [2.05, 4.69) is 15.3 Å². The van der Waals surface area contributed by atoms with Crippen molar-refractivity contribution in [2.24, 2.45) is 10.8 Å². The first-order valence-electron chi connectivity index (χ1n) is 5.72. The van der Waals surface area contributed by atoms with Gasteiger partial charge in [0.15, 0.2) is 0 Å². The first kappa shape index (κ1) is 12.3. The van der Waals surface area contributed by atoms with E-state index in [4.69, 9.17) is 10.6 Å². The molecule has 1 aliphatic heterocycles. The highest BCUT2D eigenvalue weighted by atomic mass is 16.5. The van der Waals surface area contributed by atoms with Crippen molar-refractivity contribution in [3.05, 3.63) is 0 Å². The summed E-state index contributed by atoms with van der Waals surface area (Å²) in [6.45, 7) is 6.45. The molecule has 3 N–H and O–H groups in total. The molecule has 0 aromatic heterocycles. The monoisotopic (exact) mass is 214 g/mol. The third kappa shape index (κ3) is 4.48. The van der Waals surface area contributed by atoms with E-state index in [1.807, 2.05) is 6.92 Å².